The summed E-state index contributed by atoms with van der Waals surface area (Å²) in [7, 11) is 0. The van der Waals surface area contributed by atoms with Crippen LogP contribution in [0.2, 0.25) is 0 Å². The summed E-state index contributed by atoms with van der Waals surface area (Å²) in [6.45, 7) is 0. The van der Waals surface area contributed by atoms with Gasteiger partial charge >= 0.3 is 0 Å². The van der Waals surface area contributed by atoms with E-state index in [1.807, 2.05) is 18.2 Å². The van der Waals surface area contributed by atoms with Crippen LogP contribution in [0.1, 0.15) is 5.56 Å². The molecule has 0 atom stereocenters. The van der Waals surface area contributed by atoms with Gasteiger partial charge in [-0.25, -0.2) is 0 Å². The summed E-state index contributed by atoms with van der Waals surface area (Å²) in [5.41, 5.74) is 10.7. The quantitative estimate of drug-likeness (QED) is 0.203. The molecule has 4 nitrogen and oxygen atoms in total. The first-order valence-corrected chi connectivity index (χ1v) is 15.8. The minimum absolute atomic E-state index is 0.627. The molecule has 0 fully saturated rings. The standard InChI is InChI=1S/C43H25N3O/c44-26-27-21-22-28(45-37-16-6-4-14-32(37)35-24-36-33-15-5-10-20-42(33)47-43(36)25-41(35)45)23-34(27)31-13-3-9-19-40(31)46-38-17-7-1-11-29(38)30-12-2-8-18-39(30)46/h1-25H. The number of fused-ring (bicyclic) bond motifs is 9. The molecule has 0 saturated carbocycles. The van der Waals surface area contributed by atoms with Crippen molar-refractivity contribution in [3.8, 4) is 28.6 Å². The van der Waals surface area contributed by atoms with Gasteiger partial charge in [-0.1, -0.05) is 91.0 Å². The minimum atomic E-state index is 0.627. The summed E-state index contributed by atoms with van der Waals surface area (Å²) in [6, 6.07) is 55.3. The third kappa shape index (κ3) is 3.63. The topological polar surface area (TPSA) is 46.8 Å². The predicted octanol–water partition coefficient (Wildman–Crippen LogP) is 11.3. The maximum atomic E-state index is 10.4. The highest BCUT2D eigenvalue weighted by Gasteiger charge is 2.20. The number of hydrogen-bond acceptors (Lipinski definition) is 2. The molecule has 0 radical (unpaired) electrons. The molecule has 0 saturated heterocycles. The summed E-state index contributed by atoms with van der Waals surface area (Å²) in [5, 5.41) is 17.4. The summed E-state index contributed by atoms with van der Waals surface area (Å²) < 4.78 is 11.0. The van der Waals surface area contributed by atoms with Crippen molar-refractivity contribution in [1.82, 2.24) is 9.13 Å². The molecule has 4 heteroatoms. The van der Waals surface area contributed by atoms with E-state index in [9.17, 15) is 5.26 Å². The Hall–Kier alpha value is -6.57. The van der Waals surface area contributed by atoms with Gasteiger partial charge < -0.3 is 13.6 Å². The summed E-state index contributed by atoms with van der Waals surface area (Å²) in [5.74, 6) is 0. The maximum Gasteiger partial charge on any atom is 0.137 e. The van der Waals surface area contributed by atoms with Gasteiger partial charge in [-0.05, 0) is 54.6 Å². The van der Waals surface area contributed by atoms with Gasteiger partial charge in [-0.15, -0.1) is 0 Å². The monoisotopic (exact) mass is 599 g/mol. The van der Waals surface area contributed by atoms with Gasteiger partial charge in [-0.3, -0.25) is 0 Å². The zero-order valence-corrected chi connectivity index (χ0v) is 25.2. The maximum absolute atomic E-state index is 10.4. The largest absolute Gasteiger partial charge is 0.456 e. The first-order valence-electron chi connectivity index (χ1n) is 15.8. The Kier molecular flexibility index (Phi) is 5.32. The lowest BCUT2D eigenvalue weighted by Crippen LogP contribution is -2.00. The molecule has 3 heterocycles. The van der Waals surface area contributed by atoms with E-state index in [-0.39, 0.29) is 0 Å². The number of hydrogen-bond donors (Lipinski definition) is 0. The van der Waals surface area contributed by atoms with E-state index in [2.05, 4.69) is 149 Å². The molecule has 0 bridgehead atoms. The average Bonchev–Trinajstić information content (AvgIpc) is 3.77. The predicted molar refractivity (Wildman–Crippen MR) is 193 cm³/mol. The lowest BCUT2D eigenvalue weighted by atomic mass is 9.97. The minimum Gasteiger partial charge on any atom is -0.456 e. The third-order valence-electron chi connectivity index (χ3n) is 9.57. The zero-order valence-electron chi connectivity index (χ0n) is 25.2. The molecule has 218 valence electrons. The van der Waals surface area contributed by atoms with Gasteiger partial charge in [0, 0.05) is 55.2 Å². The molecule has 0 amide bonds. The van der Waals surface area contributed by atoms with Gasteiger partial charge in [0.15, 0.2) is 0 Å². The third-order valence-corrected chi connectivity index (χ3v) is 9.57. The molecular weight excluding hydrogens is 574 g/mol. The van der Waals surface area contributed by atoms with Crippen molar-refractivity contribution in [3.63, 3.8) is 0 Å². The fourth-order valence-corrected chi connectivity index (χ4v) is 7.54. The Morgan fingerprint density at radius 2 is 1.02 bits per heavy atom. The van der Waals surface area contributed by atoms with Crippen molar-refractivity contribution in [2.75, 3.05) is 0 Å². The second-order valence-electron chi connectivity index (χ2n) is 12.0. The number of aromatic nitrogens is 2. The highest BCUT2D eigenvalue weighted by atomic mass is 16.3. The number of nitriles is 1. The van der Waals surface area contributed by atoms with Crippen LogP contribution in [0.5, 0.6) is 0 Å². The molecule has 10 aromatic rings. The van der Waals surface area contributed by atoms with Crippen LogP contribution in [0.3, 0.4) is 0 Å². The first-order chi connectivity index (χ1) is 23.3. The smallest absolute Gasteiger partial charge is 0.137 e. The molecule has 3 aromatic heterocycles. The fourth-order valence-electron chi connectivity index (χ4n) is 7.54. The SMILES string of the molecule is N#Cc1ccc(-n2c3ccccc3c3cc4c(cc32)oc2ccccc24)cc1-c1ccccc1-n1c2ccccc2c2ccccc21. The number of benzene rings is 7. The van der Waals surface area contributed by atoms with Gasteiger partial charge in [0.1, 0.15) is 11.2 Å². The van der Waals surface area contributed by atoms with Crippen molar-refractivity contribution >= 4 is 65.6 Å². The van der Waals surface area contributed by atoms with E-state index < -0.39 is 0 Å². The van der Waals surface area contributed by atoms with E-state index in [0.717, 1.165) is 71.9 Å². The van der Waals surface area contributed by atoms with Crippen LogP contribution in [0, 0.1) is 11.3 Å². The van der Waals surface area contributed by atoms with Gasteiger partial charge in [-0.2, -0.15) is 5.26 Å². The highest BCUT2D eigenvalue weighted by molar-refractivity contribution is 6.17. The van der Waals surface area contributed by atoms with Gasteiger partial charge in [0.25, 0.3) is 0 Å². The van der Waals surface area contributed by atoms with E-state index in [0.29, 0.717) is 5.56 Å². The normalized spacial score (nSPS) is 11.8. The van der Waals surface area contributed by atoms with Crippen LogP contribution in [-0.2, 0) is 0 Å². The van der Waals surface area contributed by atoms with E-state index in [1.165, 1.54) is 16.2 Å². The number of para-hydroxylation sites is 5. The molecule has 10 rings (SSSR count). The van der Waals surface area contributed by atoms with Crippen LogP contribution < -0.4 is 0 Å². The number of rotatable bonds is 3. The van der Waals surface area contributed by atoms with Crippen LogP contribution in [-0.4, -0.2) is 9.13 Å². The Bertz CT molecular complexity index is 2880. The highest BCUT2D eigenvalue weighted by Crippen LogP contribution is 2.41. The number of furan rings is 1. The average molecular weight is 600 g/mol. The Morgan fingerprint density at radius 1 is 0.426 bits per heavy atom. The van der Waals surface area contributed by atoms with Crippen LogP contribution in [0.25, 0.3) is 88.1 Å². The summed E-state index contributed by atoms with van der Waals surface area (Å²) >= 11 is 0. The zero-order chi connectivity index (χ0) is 31.1. The lowest BCUT2D eigenvalue weighted by molar-refractivity contribution is 0.669. The van der Waals surface area contributed by atoms with Crippen molar-refractivity contribution in [3.05, 3.63) is 157 Å². The molecule has 0 aliphatic heterocycles. The Labute approximate surface area is 269 Å². The summed E-state index contributed by atoms with van der Waals surface area (Å²) in [4.78, 5) is 0. The Balaban J connectivity index is 1.26. The van der Waals surface area contributed by atoms with Crippen LogP contribution in [0.4, 0.5) is 0 Å². The van der Waals surface area contributed by atoms with Crippen molar-refractivity contribution < 1.29 is 4.42 Å². The molecule has 0 unspecified atom stereocenters. The van der Waals surface area contributed by atoms with E-state index in [1.54, 1.807) is 0 Å². The molecular formula is C43H25N3O. The van der Waals surface area contributed by atoms with E-state index in [4.69, 9.17) is 4.42 Å². The second kappa shape index (κ2) is 9.71. The Morgan fingerprint density at radius 3 is 1.74 bits per heavy atom. The van der Waals surface area contributed by atoms with Crippen molar-refractivity contribution in [2.24, 2.45) is 0 Å². The molecule has 0 aliphatic rings. The molecule has 0 aliphatic carbocycles. The lowest BCUT2D eigenvalue weighted by Gasteiger charge is -2.16. The van der Waals surface area contributed by atoms with Crippen molar-refractivity contribution in [1.29, 1.82) is 5.26 Å². The summed E-state index contributed by atoms with van der Waals surface area (Å²) in [6.07, 6.45) is 0. The van der Waals surface area contributed by atoms with Gasteiger partial charge in [0.05, 0.1) is 39.4 Å². The molecule has 0 spiro atoms. The number of nitrogens with zero attached hydrogens (tertiary/aromatic N) is 3. The van der Waals surface area contributed by atoms with Gasteiger partial charge in [0.2, 0.25) is 0 Å². The molecule has 7 aromatic carbocycles. The molecule has 0 N–H and O–H groups in total. The fraction of sp³-hybridized carbons (Fsp3) is 0. The molecule has 47 heavy (non-hydrogen) atoms. The van der Waals surface area contributed by atoms with Crippen LogP contribution in [0.15, 0.2) is 156 Å². The van der Waals surface area contributed by atoms with Crippen LogP contribution >= 0.6 is 0 Å². The second-order valence-corrected chi connectivity index (χ2v) is 12.0. The van der Waals surface area contributed by atoms with Crippen molar-refractivity contribution in [2.45, 2.75) is 0 Å². The van der Waals surface area contributed by atoms with E-state index >= 15 is 0 Å². The first kappa shape index (κ1) is 25.7.